The Labute approximate surface area is 248 Å². The molecule has 0 heterocycles. The van der Waals surface area contributed by atoms with E-state index >= 15 is 0 Å². The van der Waals surface area contributed by atoms with E-state index in [1.165, 1.54) is 12.1 Å². The van der Waals surface area contributed by atoms with Crippen LogP contribution in [0.15, 0.2) is 108 Å². The van der Waals surface area contributed by atoms with E-state index in [9.17, 15) is 18.0 Å². The molecule has 0 aliphatic rings. The zero-order chi connectivity index (χ0) is 30.5. The second-order valence-electron chi connectivity index (χ2n) is 11.5. The van der Waals surface area contributed by atoms with Gasteiger partial charge in [-0.05, 0) is 77.1 Å². The van der Waals surface area contributed by atoms with Gasteiger partial charge in [-0.2, -0.15) is 0 Å². The van der Waals surface area contributed by atoms with Crippen molar-refractivity contribution >= 4 is 38.9 Å². The average Bonchev–Trinajstić information content (AvgIpc) is 2.96. The van der Waals surface area contributed by atoms with Crippen molar-refractivity contribution in [3.8, 4) is 0 Å². The molecule has 0 radical (unpaired) electrons. The maximum Gasteiger partial charge on any atom is 0.264 e. The minimum atomic E-state index is -4.03. The zero-order valence-corrected chi connectivity index (χ0v) is 25.4. The number of anilines is 3. The van der Waals surface area contributed by atoms with E-state index in [0.717, 1.165) is 15.4 Å². The molecular weight excluding hydrogens is 546 g/mol. The van der Waals surface area contributed by atoms with Crippen molar-refractivity contribution in [1.82, 2.24) is 0 Å². The molecule has 0 unspecified atom stereocenters. The topological polar surface area (TPSA) is 95.6 Å². The Kier molecular flexibility index (Phi) is 9.17. The first kappa shape index (κ1) is 30.5. The highest BCUT2D eigenvalue weighted by molar-refractivity contribution is 7.92. The fourth-order valence-electron chi connectivity index (χ4n) is 4.39. The van der Waals surface area contributed by atoms with Gasteiger partial charge in [-0.3, -0.25) is 13.9 Å². The Bertz CT molecular complexity index is 1640. The second kappa shape index (κ2) is 12.6. The third kappa shape index (κ3) is 7.44. The average molecular weight is 584 g/mol. The van der Waals surface area contributed by atoms with Crippen LogP contribution in [-0.2, 0) is 20.2 Å². The molecule has 2 N–H and O–H groups in total. The Balaban J connectivity index is 1.51. The minimum absolute atomic E-state index is 0.0188. The van der Waals surface area contributed by atoms with Gasteiger partial charge in [-0.25, -0.2) is 8.42 Å². The van der Waals surface area contributed by atoms with Crippen LogP contribution in [0, 0.1) is 0 Å². The molecule has 4 aromatic carbocycles. The number of nitrogens with zero attached hydrogens (tertiary/aromatic N) is 1. The molecule has 0 fully saturated rings. The summed E-state index contributed by atoms with van der Waals surface area (Å²) in [4.78, 5) is 26.2. The van der Waals surface area contributed by atoms with Crippen LogP contribution in [0.3, 0.4) is 0 Å². The van der Waals surface area contributed by atoms with Gasteiger partial charge < -0.3 is 10.6 Å². The van der Waals surface area contributed by atoms with Crippen LogP contribution in [0.5, 0.6) is 0 Å². The van der Waals surface area contributed by atoms with E-state index in [1.54, 1.807) is 66.7 Å². The number of hydrogen-bond donors (Lipinski definition) is 2. The molecule has 0 atom stereocenters. The monoisotopic (exact) mass is 583 g/mol. The highest BCUT2D eigenvalue weighted by Crippen LogP contribution is 2.27. The normalized spacial score (nSPS) is 11.7. The summed E-state index contributed by atoms with van der Waals surface area (Å²) >= 11 is 0. The first-order valence-corrected chi connectivity index (χ1v) is 15.3. The maximum atomic E-state index is 13.6. The van der Waals surface area contributed by atoms with E-state index in [-0.39, 0.29) is 22.1 Å². The fraction of sp³-hybridized carbons (Fsp3) is 0.235. The fourth-order valence-corrected chi connectivity index (χ4v) is 5.83. The smallest absolute Gasteiger partial charge is 0.264 e. The summed E-state index contributed by atoms with van der Waals surface area (Å²) in [6, 6.07) is 29.4. The summed E-state index contributed by atoms with van der Waals surface area (Å²) in [5.41, 5.74) is 3.99. The largest absolute Gasteiger partial charge is 0.324 e. The second-order valence-corrected chi connectivity index (χ2v) is 13.3. The van der Waals surface area contributed by atoms with E-state index in [1.807, 2.05) is 24.3 Å². The van der Waals surface area contributed by atoms with E-state index in [0.29, 0.717) is 22.6 Å². The summed E-state index contributed by atoms with van der Waals surface area (Å²) in [5.74, 6) is -0.523. The Morgan fingerprint density at radius 1 is 0.762 bits per heavy atom. The van der Waals surface area contributed by atoms with Gasteiger partial charge in [0.2, 0.25) is 5.91 Å². The third-order valence-electron chi connectivity index (χ3n) is 6.88. The van der Waals surface area contributed by atoms with Crippen molar-refractivity contribution in [2.24, 2.45) is 0 Å². The van der Waals surface area contributed by atoms with Crippen molar-refractivity contribution in [1.29, 1.82) is 0 Å². The molecule has 0 bridgehead atoms. The lowest BCUT2D eigenvalue weighted by Gasteiger charge is -2.24. The number of benzene rings is 4. The zero-order valence-electron chi connectivity index (χ0n) is 24.6. The van der Waals surface area contributed by atoms with Crippen molar-refractivity contribution < 1.29 is 18.0 Å². The summed E-state index contributed by atoms with van der Waals surface area (Å²) in [6.07, 6.45) is 0. The number of amides is 2. The van der Waals surface area contributed by atoms with Gasteiger partial charge in [0, 0.05) is 16.9 Å². The number of carbonyl (C=O) groups is 2. The van der Waals surface area contributed by atoms with Crippen molar-refractivity contribution in [2.45, 2.75) is 50.8 Å². The van der Waals surface area contributed by atoms with Gasteiger partial charge >= 0.3 is 0 Å². The van der Waals surface area contributed by atoms with Crippen LogP contribution in [0.25, 0.3) is 0 Å². The molecule has 0 spiro atoms. The first-order valence-electron chi connectivity index (χ1n) is 13.8. The SMILES string of the molecule is CC(C)c1ccc(N(CC(=O)Nc2cccc(NC(=O)c3ccc(C(C)(C)C)cc3)c2)S(=O)(=O)c2ccccc2)cc1. The van der Waals surface area contributed by atoms with Crippen LogP contribution < -0.4 is 14.9 Å². The van der Waals surface area contributed by atoms with Crippen LogP contribution in [-0.4, -0.2) is 26.8 Å². The molecule has 218 valence electrons. The molecule has 4 aromatic rings. The van der Waals surface area contributed by atoms with Gasteiger partial charge in [-0.15, -0.1) is 0 Å². The Morgan fingerprint density at radius 2 is 1.36 bits per heavy atom. The Morgan fingerprint density at radius 3 is 1.93 bits per heavy atom. The van der Waals surface area contributed by atoms with Gasteiger partial charge in [-0.1, -0.05) is 83.1 Å². The third-order valence-corrected chi connectivity index (χ3v) is 8.67. The predicted molar refractivity (Wildman–Crippen MR) is 170 cm³/mol. The number of rotatable bonds is 9. The number of carbonyl (C=O) groups excluding carboxylic acids is 2. The van der Waals surface area contributed by atoms with Gasteiger partial charge in [0.1, 0.15) is 6.54 Å². The quantitative estimate of drug-likeness (QED) is 0.218. The highest BCUT2D eigenvalue weighted by atomic mass is 32.2. The van der Waals surface area contributed by atoms with Gasteiger partial charge in [0.25, 0.3) is 15.9 Å². The lowest BCUT2D eigenvalue weighted by atomic mass is 9.87. The summed E-state index contributed by atoms with van der Waals surface area (Å²) in [6.45, 7) is 10.0. The molecule has 7 nitrogen and oxygen atoms in total. The van der Waals surface area contributed by atoms with Crippen LogP contribution in [0.4, 0.5) is 17.1 Å². The lowest BCUT2D eigenvalue weighted by molar-refractivity contribution is -0.114. The molecule has 0 aliphatic heterocycles. The van der Waals surface area contributed by atoms with E-state index < -0.39 is 22.5 Å². The van der Waals surface area contributed by atoms with Gasteiger partial charge in [0.05, 0.1) is 10.6 Å². The lowest BCUT2D eigenvalue weighted by Crippen LogP contribution is -2.38. The summed E-state index contributed by atoms with van der Waals surface area (Å²) in [5, 5.41) is 5.64. The predicted octanol–water partition coefficient (Wildman–Crippen LogP) is 7.19. The molecule has 0 aliphatic carbocycles. The molecule has 0 aromatic heterocycles. The minimum Gasteiger partial charge on any atom is -0.324 e. The molecule has 8 heteroatoms. The highest BCUT2D eigenvalue weighted by Gasteiger charge is 2.27. The van der Waals surface area contributed by atoms with E-state index in [4.69, 9.17) is 0 Å². The molecule has 0 saturated carbocycles. The van der Waals surface area contributed by atoms with Gasteiger partial charge in [0.15, 0.2) is 0 Å². The van der Waals surface area contributed by atoms with Crippen LogP contribution >= 0.6 is 0 Å². The van der Waals surface area contributed by atoms with E-state index in [2.05, 4.69) is 45.3 Å². The number of sulfonamides is 1. The van der Waals surface area contributed by atoms with Crippen molar-refractivity contribution in [3.05, 3.63) is 120 Å². The molecular formula is C34H37N3O4S. The number of nitrogens with one attached hydrogen (secondary N) is 2. The first-order chi connectivity index (χ1) is 19.8. The van der Waals surface area contributed by atoms with Crippen molar-refractivity contribution in [3.63, 3.8) is 0 Å². The van der Waals surface area contributed by atoms with Crippen LogP contribution in [0.2, 0.25) is 0 Å². The van der Waals surface area contributed by atoms with Crippen molar-refractivity contribution in [2.75, 3.05) is 21.5 Å². The number of hydrogen-bond acceptors (Lipinski definition) is 4. The molecule has 2 amide bonds. The van der Waals surface area contributed by atoms with Crippen LogP contribution in [0.1, 0.15) is 62.0 Å². The molecule has 4 rings (SSSR count). The molecule has 42 heavy (non-hydrogen) atoms. The molecule has 0 saturated heterocycles. The Hall–Kier alpha value is -4.43. The summed E-state index contributed by atoms with van der Waals surface area (Å²) < 4.78 is 28.4. The summed E-state index contributed by atoms with van der Waals surface area (Å²) in [7, 11) is -4.03. The standard InChI is InChI=1S/C34H37N3O4S/c1-24(2)25-16-20-30(21-17-25)37(42(40,41)31-12-7-6-8-13-31)23-32(38)35-28-10-9-11-29(22-28)36-33(39)26-14-18-27(19-15-26)34(3,4)5/h6-22,24H,23H2,1-5H3,(H,35,38)(H,36,39). The maximum absolute atomic E-state index is 13.6.